The average molecular weight is 174 g/mol. The van der Waals surface area contributed by atoms with Crippen molar-refractivity contribution in [2.75, 3.05) is 0 Å². The van der Waals surface area contributed by atoms with Gasteiger partial charge >= 0.3 is 0 Å². The van der Waals surface area contributed by atoms with Crippen molar-refractivity contribution >= 4 is 0 Å². The molecule has 0 aliphatic heterocycles. The van der Waals surface area contributed by atoms with Gasteiger partial charge in [0.2, 0.25) is 0 Å². The van der Waals surface area contributed by atoms with E-state index < -0.39 is 0 Å². The molecule has 1 aliphatic rings. The largest absolute Gasteiger partial charge is 0.0882 e. The molecule has 0 nitrogen and oxygen atoms in total. The Balaban J connectivity index is 2.38. The van der Waals surface area contributed by atoms with Crippen LogP contribution >= 0.6 is 0 Å². The minimum atomic E-state index is 1.06. The van der Waals surface area contributed by atoms with Gasteiger partial charge in [0.05, 0.1) is 0 Å². The zero-order chi connectivity index (χ0) is 9.19. The Morgan fingerprint density at radius 3 is 2.08 bits per heavy atom. The van der Waals surface area contributed by atoms with E-state index in [1.54, 1.807) is 0 Å². The molecule has 0 fully saturated rings. The first-order chi connectivity index (χ1) is 6.50. The van der Waals surface area contributed by atoms with Crippen LogP contribution in [-0.4, -0.2) is 0 Å². The fraction of sp³-hybridized carbons (Fsp3) is 0.385. The minimum Gasteiger partial charge on any atom is -0.0882 e. The van der Waals surface area contributed by atoms with Gasteiger partial charge in [-0.25, -0.2) is 0 Å². The molecular formula is C13H18. The molecule has 0 unspecified atom stereocenters. The van der Waals surface area contributed by atoms with Crippen molar-refractivity contribution < 1.29 is 0 Å². The van der Waals surface area contributed by atoms with E-state index in [4.69, 9.17) is 0 Å². The predicted octanol–water partition coefficient (Wildman–Crippen LogP) is 4.18. The van der Waals surface area contributed by atoms with E-state index in [0.717, 1.165) is 6.42 Å². The van der Waals surface area contributed by atoms with Crippen LogP contribution in [0.4, 0.5) is 0 Å². The van der Waals surface area contributed by atoms with E-state index in [1.807, 2.05) is 0 Å². The topological polar surface area (TPSA) is 0 Å². The molecule has 1 aliphatic carbocycles. The number of rotatable bonds is 0. The summed E-state index contributed by atoms with van der Waals surface area (Å²) >= 11 is 0. The third-order valence-corrected chi connectivity index (χ3v) is 2.04. The fourth-order valence-electron chi connectivity index (χ4n) is 1.28. The highest BCUT2D eigenvalue weighted by Gasteiger charge is 1.83. The van der Waals surface area contributed by atoms with Crippen molar-refractivity contribution in [3.63, 3.8) is 0 Å². The van der Waals surface area contributed by atoms with Crippen LogP contribution in [-0.2, 0) is 0 Å². The molecular weight excluding hydrogens is 156 g/mol. The summed E-state index contributed by atoms with van der Waals surface area (Å²) in [5.41, 5.74) is 0. The summed E-state index contributed by atoms with van der Waals surface area (Å²) in [6, 6.07) is 0. The maximum absolute atomic E-state index is 2.29. The standard InChI is InChI=1S/C13H18/c1-2-4-6-8-10-12-13-11-9-7-5-3-1/h1-6,9,11H,7-8,10,12-13H2/b2-1?,5-3?,6-4-,11-9-. The lowest BCUT2D eigenvalue weighted by Crippen LogP contribution is -1.71. The first-order valence-corrected chi connectivity index (χ1v) is 5.13. The zero-order valence-corrected chi connectivity index (χ0v) is 8.15. The van der Waals surface area contributed by atoms with Gasteiger partial charge in [-0.1, -0.05) is 48.6 Å². The molecule has 0 saturated heterocycles. The monoisotopic (exact) mass is 174 g/mol. The molecule has 0 aromatic heterocycles. The van der Waals surface area contributed by atoms with Gasteiger partial charge in [-0.05, 0) is 32.1 Å². The second-order valence-electron chi connectivity index (χ2n) is 3.23. The SMILES string of the molecule is C1=C/C=C\CCCC/C=C\CC=C1. The lowest BCUT2D eigenvalue weighted by atomic mass is 10.2. The van der Waals surface area contributed by atoms with Gasteiger partial charge in [0.25, 0.3) is 0 Å². The van der Waals surface area contributed by atoms with Gasteiger partial charge in [-0.2, -0.15) is 0 Å². The van der Waals surface area contributed by atoms with Crippen LogP contribution in [0, 0.1) is 0 Å². The molecule has 0 N–H and O–H groups in total. The molecule has 0 amide bonds. The molecule has 0 radical (unpaired) electrons. The quantitative estimate of drug-likeness (QED) is 0.483. The van der Waals surface area contributed by atoms with Crippen LogP contribution in [0.15, 0.2) is 48.6 Å². The van der Waals surface area contributed by atoms with Crippen molar-refractivity contribution in [1.82, 2.24) is 0 Å². The molecule has 0 spiro atoms. The minimum absolute atomic E-state index is 1.06. The molecule has 70 valence electrons. The Morgan fingerprint density at radius 2 is 1.23 bits per heavy atom. The third kappa shape index (κ3) is 6.15. The summed E-state index contributed by atoms with van der Waals surface area (Å²) in [5, 5.41) is 0. The summed E-state index contributed by atoms with van der Waals surface area (Å²) in [6.45, 7) is 0. The predicted molar refractivity (Wildman–Crippen MR) is 59.6 cm³/mol. The third-order valence-electron chi connectivity index (χ3n) is 2.04. The molecule has 0 bridgehead atoms. The smallest absolute Gasteiger partial charge is 0.0166 e. The molecule has 0 heteroatoms. The highest BCUT2D eigenvalue weighted by molar-refractivity contribution is 5.12. The number of allylic oxidation sites excluding steroid dienone is 8. The Morgan fingerprint density at radius 1 is 0.538 bits per heavy atom. The first kappa shape index (κ1) is 10.0. The highest BCUT2D eigenvalue weighted by Crippen LogP contribution is 2.03. The lowest BCUT2D eigenvalue weighted by Gasteiger charge is -1.91. The molecule has 13 heavy (non-hydrogen) atoms. The van der Waals surface area contributed by atoms with Crippen LogP contribution in [0.1, 0.15) is 32.1 Å². The van der Waals surface area contributed by atoms with Gasteiger partial charge in [0.15, 0.2) is 0 Å². The highest BCUT2D eigenvalue weighted by atomic mass is 13.9. The lowest BCUT2D eigenvalue weighted by molar-refractivity contribution is 0.761. The molecule has 0 heterocycles. The van der Waals surface area contributed by atoms with Crippen LogP contribution in [0.25, 0.3) is 0 Å². The summed E-state index contributed by atoms with van der Waals surface area (Å²) in [5.74, 6) is 0. The summed E-state index contributed by atoms with van der Waals surface area (Å²) in [6.07, 6.45) is 23.5. The van der Waals surface area contributed by atoms with Crippen LogP contribution in [0.3, 0.4) is 0 Å². The van der Waals surface area contributed by atoms with E-state index in [1.165, 1.54) is 25.7 Å². The van der Waals surface area contributed by atoms with E-state index >= 15 is 0 Å². The van der Waals surface area contributed by atoms with Crippen LogP contribution in [0.2, 0.25) is 0 Å². The maximum Gasteiger partial charge on any atom is -0.0166 e. The Labute approximate surface area is 81.4 Å². The summed E-state index contributed by atoms with van der Waals surface area (Å²) in [4.78, 5) is 0. The van der Waals surface area contributed by atoms with E-state index in [9.17, 15) is 0 Å². The summed E-state index contributed by atoms with van der Waals surface area (Å²) < 4.78 is 0. The maximum atomic E-state index is 2.29. The average Bonchev–Trinajstić information content (AvgIpc) is 2.18. The fourth-order valence-corrected chi connectivity index (χ4v) is 1.28. The van der Waals surface area contributed by atoms with Gasteiger partial charge in [0.1, 0.15) is 0 Å². The van der Waals surface area contributed by atoms with Crippen molar-refractivity contribution in [2.45, 2.75) is 32.1 Å². The van der Waals surface area contributed by atoms with Crippen molar-refractivity contribution in [2.24, 2.45) is 0 Å². The van der Waals surface area contributed by atoms with Crippen molar-refractivity contribution in [1.29, 1.82) is 0 Å². The molecule has 0 aromatic carbocycles. The number of hydrogen-bond donors (Lipinski definition) is 0. The Hall–Kier alpha value is -1.04. The number of hydrogen-bond acceptors (Lipinski definition) is 0. The Kier molecular flexibility index (Phi) is 5.87. The molecule has 0 saturated carbocycles. The van der Waals surface area contributed by atoms with Crippen LogP contribution in [0.5, 0.6) is 0 Å². The van der Waals surface area contributed by atoms with E-state index in [-0.39, 0.29) is 0 Å². The second kappa shape index (κ2) is 7.60. The molecule has 0 atom stereocenters. The van der Waals surface area contributed by atoms with Gasteiger partial charge < -0.3 is 0 Å². The van der Waals surface area contributed by atoms with Crippen molar-refractivity contribution in [3.8, 4) is 0 Å². The van der Waals surface area contributed by atoms with Gasteiger partial charge in [0, 0.05) is 0 Å². The van der Waals surface area contributed by atoms with E-state index in [2.05, 4.69) is 48.6 Å². The Bertz CT molecular complexity index is 216. The van der Waals surface area contributed by atoms with Crippen LogP contribution < -0.4 is 0 Å². The summed E-state index contributed by atoms with van der Waals surface area (Å²) in [7, 11) is 0. The van der Waals surface area contributed by atoms with E-state index in [0.29, 0.717) is 0 Å². The molecule has 1 rings (SSSR count). The van der Waals surface area contributed by atoms with Crippen molar-refractivity contribution in [3.05, 3.63) is 48.6 Å². The normalized spacial score (nSPS) is 24.0. The first-order valence-electron chi connectivity index (χ1n) is 5.13. The van der Waals surface area contributed by atoms with Gasteiger partial charge in [-0.3, -0.25) is 0 Å². The second-order valence-corrected chi connectivity index (χ2v) is 3.23. The molecule has 0 aromatic rings. The van der Waals surface area contributed by atoms with Gasteiger partial charge in [-0.15, -0.1) is 0 Å². The zero-order valence-electron chi connectivity index (χ0n) is 8.15.